The summed E-state index contributed by atoms with van der Waals surface area (Å²) >= 11 is 4.83. The zero-order chi connectivity index (χ0) is 19.5. The van der Waals surface area contributed by atoms with Crippen LogP contribution in [0, 0.1) is 0 Å². The Morgan fingerprint density at radius 2 is 0.923 bits per heavy atom. The number of thiol groups is 1. The van der Waals surface area contributed by atoms with Gasteiger partial charge in [0.05, 0.1) is 4.87 Å². The molecule has 5 heteroatoms. The van der Waals surface area contributed by atoms with Gasteiger partial charge in [0.25, 0.3) is 0 Å². The van der Waals surface area contributed by atoms with Gasteiger partial charge in [-0.2, -0.15) is 12.6 Å². The van der Waals surface area contributed by atoms with Crippen LogP contribution in [0.4, 0.5) is 0 Å². The van der Waals surface area contributed by atoms with Crippen LogP contribution < -0.4 is 0 Å². The molecular weight excluding hydrogens is 360 g/mol. The van der Waals surface area contributed by atoms with E-state index in [9.17, 15) is 0 Å². The highest BCUT2D eigenvalue weighted by Gasteiger charge is 2.47. The molecule has 0 fully saturated rings. The molecule has 0 radical (unpaired) electrons. The smallest absolute Gasteiger partial charge is 0.373 e. The highest BCUT2D eigenvalue weighted by atomic mass is 32.1. The number of rotatable bonds is 20. The van der Waals surface area contributed by atoms with Crippen LogP contribution in [-0.2, 0) is 13.3 Å². The Morgan fingerprint density at radius 3 is 1.19 bits per heavy atom. The van der Waals surface area contributed by atoms with Gasteiger partial charge in [-0.1, -0.05) is 85.5 Å². The minimum atomic E-state index is -2.72. The zero-order valence-corrected chi connectivity index (χ0v) is 20.0. The van der Waals surface area contributed by atoms with Gasteiger partial charge in [-0.15, -0.1) is 0 Å². The molecule has 0 aliphatic rings. The van der Waals surface area contributed by atoms with Crippen LogP contribution in [0.5, 0.6) is 0 Å². The van der Waals surface area contributed by atoms with Crippen molar-refractivity contribution >= 4 is 21.4 Å². The van der Waals surface area contributed by atoms with Crippen LogP contribution in [0.3, 0.4) is 0 Å². The Labute approximate surface area is 170 Å². The molecule has 0 bridgehead atoms. The molecule has 0 heterocycles. The molecule has 1 unspecified atom stereocenters. The summed E-state index contributed by atoms with van der Waals surface area (Å²) in [6, 6.07) is 0. The molecule has 0 amide bonds. The predicted molar refractivity (Wildman–Crippen MR) is 119 cm³/mol. The standard InChI is InChI=1S/C21H46O3SSi/c1-5-9-12-15-18-22-26(21(25)8-4,23-19-16-13-10-6-2)24-20-17-14-11-7-3/h21,25H,5-20H2,1-4H3. The highest BCUT2D eigenvalue weighted by Crippen LogP contribution is 2.24. The lowest BCUT2D eigenvalue weighted by atomic mass is 10.2. The van der Waals surface area contributed by atoms with Gasteiger partial charge in [-0.3, -0.25) is 0 Å². The summed E-state index contributed by atoms with van der Waals surface area (Å²) in [6.45, 7) is 11.1. The predicted octanol–water partition coefficient (Wildman–Crippen LogP) is 6.96. The fourth-order valence-electron chi connectivity index (χ4n) is 2.89. The first-order chi connectivity index (χ1) is 12.7. The molecule has 0 saturated heterocycles. The maximum Gasteiger partial charge on any atom is 0.514 e. The fraction of sp³-hybridized carbons (Fsp3) is 1.00. The highest BCUT2D eigenvalue weighted by molar-refractivity contribution is 7.83. The van der Waals surface area contributed by atoms with Crippen LogP contribution in [-0.4, -0.2) is 33.5 Å². The Hall–Kier alpha value is 0.447. The molecule has 0 aromatic rings. The van der Waals surface area contributed by atoms with Crippen molar-refractivity contribution in [3.05, 3.63) is 0 Å². The zero-order valence-electron chi connectivity index (χ0n) is 18.1. The van der Waals surface area contributed by atoms with Crippen LogP contribution in [0.15, 0.2) is 0 Å². The molecule has 158 valence electrons. The molecule has 0 spiro atoms. The molecule has 0 aliphatic carbocycles. The Morgan fingerprint density at radius 1 is 0.577 bits per heavy atom. The molecule has 1 atom stereocenters. The van der Waals surface area contributed by atoms with Crippen molar-refractivity contribution in [2.45, 2.75) is 116 Å². The average Bonchev–Trinajstić information content (AvgIpc) is 2.66. The lowest BCUT2D eigenvalue weighted by Crippen LogP contribution is -2.54. The van der Waals surface area contributed by atoms with E-state index in [0.717, 1.165) is 45.5 Å². The summed E-state index contributed by atoms with van der Waals surface area (Å²) in [7, 11) is -2.72. The molecule has 0 rings (SSSR count). The lowest BCUT2D eigenvalue weighted by Gasteiger charge is -2.33. The molecule has 3 nitrogen and oxygen atoms in total. The van der Waals surface area contributed by atoms with E-state index in [1.807, 2.05) is 0 Å². The van der Waals surface area contributed by atoms with E-state index in [4.69, 9.17) is 25.9 Å². The van der Waals surface area contributed by atoms with Crippen molar-refractivity contribution in [2.24, 2.45) is 0 Å². The summed E-state index contributed by atoms with van der Waals surface area (Å²) in [5.41, 5.74) is 0. The number of hydrogen-bond acceptors (Lipinski definition) is 4. The molecule has 0 aliphatic heterocycles. The molecule has 0 aromatic carbocycles. The van der Waals surface area contributed by atoms with Gasteiger partial charge in [-0.25, -0.2) is 0 Å². The lowest BCUT2D eigenvalue weighted by molar-refractivity contribution is 0.0534. The fourth-order valence-corrected chi connectivity index (χ4v) is 6.18. The van der Waals surface area contributed by atoms with Gasteiger partial charge in [0.2, 0.25) is 0 Å². The van der Waals surface area contributed by atoms with E-state index in [1.54, 1.807) is 0 Å². The average molecular weight is 407 g/mol. The molecular formula is C21H46O3SSi. The van der Waals surface area contributed by atoms with Crippen molar-refractivity contribution in [3.63, 3.8) is 0 Å². The maximum absolute atomic E-state index is 6.36. The second-order valence-corrected chi connectivity index (χ2v) is 11.1. The third kappa shape index (κ3) is 12.8. The van der Waals surface area contributed by atoms with E-state index in [2.05, 4.69) is 27.7 Å². The van der Waals surface area contributed by atoms with Crippen LogP contribution >= 0.6 is 12.6 Å². The van der Waals surface area contributed by atoms with Gasteiger partial charge < -0.3 is 13.3 Å². The summed E-state index contributed by atoms with van der Waals surface area (Å²) in [6.07, 6.45) is 15.4. The first-order valence-corrected chi connectivity index (χ1v) is 13.6. The van der Waals surface area contributed by atoms with E-state index in [0.29, 0.717) is 0 Å². The summed E-state index contributed by atoms with van der Waals surface area (Å²) in [5.74, 6) is 0. The summed E-state index contributed by atoms with van der Waals surface area (Å²) in [5, 5.41) is 0. The van der Waals surface area contributed by atoms with E-state index in [-0.39, 0.29) is 4.87 Å². The molecule has 0 saturated carbocycles. The van der Waals surface area contributed by atoms with Crippen LogP contribution in [0.2, 0.25) is 0 Å². The SMILES string of the molecule is CCCCCCO[Si](OCCCCCC)(OCCCCCC)C(S)CC. The van der Waals surface area contributed by atoms with Crippen LogP contribution in [0.1, 0.15) is 111 Å². The van der Waals surface area contributed by atoms with Gasteiger partial charge in [0.1, 0.15) is 0 Å². The van der Waals surface area contributed by atoms with Gasteiger partial charge in [0.15, 0.2) is 0 Å². The second kappa shape index (κ2) is 18.8. The number of unbranched alkanes of at least 4 members (excludes halogenated alkanes) is 9. The van der Waals surface area contributed by atoms with Crippen molar-refractivity contribution < 1.29 is 13.3 Å². The molecule has 26 heavy (non-hydrogen) atoms. The summed E-state index contributed by atoms with van der Waals surface area (Å²) in [4.78, 5) is 0.0750. The van der Waals surface area contributed by atoms with Gasteiger partial charge >= 0.3 is 8.80 Å². The van der Waals surface area contributed by atoms with Crippen molar-refractivity contribution in [1.82, 2.24) is 0 Å². The molecule has 0 N–H and O–H groups in total. The maximum atomic E-state index is 6.36. The number of hydrogen-bond donors (Lipinski definition) is 1. The third-order valence-corrected chi connectivity index (χ3v) is 9.06. The first-order valence-electron chi connectivity index (χ1n) is 11.3. The van der Waals surface area contributed by atoms with E-state index >= 15 is 0 Å². The van der Waals surface area contributed by atoms with Crippen molar-refractivity contribution in [3.8, 4) is 0 Å². The Bertz CT molecular complexity index is 256. The Balaban J connectivity index is 4.64. The summed E-state index contributed by atoms with van der Waals surface area (Å²) < 4.78 is 19.1. The Kier molecular flexibility index (Phi) is 19.1. The normalized spacial score (nSPS) is 13.3. The third-order valence-electron chi connectivity index (χ3n) is 4.70. The first kappa shape index (κ1) is 26.4. The van der Waals surface area contributed by atoms with Crippen molar-refractivity contribution in [1.29, 1.82) is 0 Å². The van der Waals surface area contributed by atoms with Crippen LogP contribution in [0.25, 0.3) is 0 Å². The second-order valence-electron chi connectivity index (χ2n) is 7.25. The topological polar surface area (TPSA) is 27.7 Å². The van der Waals surface area contributed by atoms with Crippen molar-refractivity contribution in [2.75, 3.05) is 19.8 Å². The minimum absolute atomic E-state index is 0.0750. The minimum Gasteiger partial charge on any atom is -0.373 e. The molecule has 0 aromatic heterocycles. The van der Waals surface area contributed by atoms with Gasteiger partial charge in [0, 0.05) is 19.8 Å². The van der Waals surface area contributed by atoms with E-state index in [1.165, 1.54) is 57.8 Å². The monoisotopic (exact) mass is 406 g/mol. The quantitative estimate of drug-likeness (QED) is 0.134. The largest absolute Gasteiger partial charge is 0.514 e. The van der Waals surface area contributed by atoms with Gasteiger partial charge in [-0.05, 0) is 25.7 Å². The van der Waals surface area contributed by atoms with E-state index < -0.39 is 8.80 Å².